The molecule has 0 atom stereocenters. The fourth-order valence-corrected chi connectivity index (χ4v) is 4.00. The molecule has 0 aromatic heterocycles. The summed E-state index contributed by atoms with van der Waals surface area (Å²) >= 11 is 8.87. The predicted octanol–water partition coefficient (Wildman–Crippen LogP) is 4.07. The summed E-state index contributed by atoms with van der Waals surface area (Å²) in [5, 5.41) is 0. The Balaban J connectivity index is 3.16. The third-order valence-electron chi connectivity index (χ3n) is 2.83. The second-order valence-electron chi connectivity index (χ2n) is 4.55. The summed E-state index contributed by atoms with van der Waals surface area (Å²) in [6.07, 6.45) is -5.61. The molecule has 0 radical (unpaired) electrons. The number of aryl methyl sites for hydroxylation is 1. The molecule has 0 amide bonds. The van der Waals surface area contributed by atoms with Crippen molar-refractivity contribution in [3.8, 4) is 0 Å². The van der Waals surface area contributed by atoms with Crippen molar-refractivity contribution in [3.63, 3.8) is 0 Å². The lowest BCUT2D eigenvalue weighted by Crippen LogP contribution is -2.31. The highest BCUT2D eigenvalue weighted by atomic mass is 79.9. The molecule has 0 unspecified atom stereocenters. The van der Waals surface area contributed by atoms with Crippen LogP contribution in [-0.4, -0.2) is 32.5 Å². The summed E-state index contributed by atoms with van der Waals surface area (Å²) in [7, 11) is -2.90. The predicted molar refractivity (Wildman–Crippen MR) is 78.9 cm³/mol. The van der Waals surface area contributed by atoms with Gasteiger partial charge in [0.05, 0.1) is 11.3 Å². The van der Waals surface area contributed by atoms with Gasteiger partial charge in [0, 0.05) is 23.9 Å². The highest BCUT2D eigenvalue weighted by Crippen LogP contribution is 2.30. The Bertz CT molecular complexity index is 620. The van der Waals surface area contributed by atoms with Crippen LogP contribution in [0.3, 0.4) is 0 Å². The van der Waals surface area contributed by atoms with Gasteiger partial charge in [0.2, 0.25) is 10.0 Å². The average molecular weight is 409 g/mol. The van der Waals surface area contributed by atoms with E-state index in [4.69, 9.17) is 11.6 Å². The SMILES string of the molecule is Cc1cc(CCl)cc(S(=O)(=O)N(C)CCC(F)(F)F)c1Br. The van der Waals surface area contributed by atoms with E-state index in [9.17, 15) is 21.6 Å². The molecule has 0 saturated heterocycles. The van der Waals surface area contributed by atoms with E-state index in [-0.39, 0.29) is 10.8 Å². The number of halogens is 5. The molecule has 21 heavy (non-hydrogen) atoms. The largest absolute Gasteiger partial charge is 0.390 e. The Kier molecular flexibility index (Phi) is 6.11. The molecule has 0 fully saturated rings. The Hall–Kier alpha value is -0.310. The van der Waals surface area contributed by atoms with Crippen molar-refractivity contribution in [2.24, 2.45) is 0 Å². The van der Waals surface area contributed by atoms with Crippen molar-refractivity contribution >= 4 is 37.6 Å². The van der Waals surface area contributed by atoms with Gasteiger partial charge < -0.3 is 0 Å². The van der Waals surface area contributed by atoms with Crippen molar-refractivity contribution in [3.05, 3.63) is 27.7 Å². The first-order valence-electron chi connectivity index (χ1n) is 5.87. The van der Waals surface area contributed by atoms with E-state index in [1.807, 2.05) is 0 Å². The minimum atomic E-state index is -4.41. The topological polar surface area (TPSA) is 37.4 Å². The van der Waals surface area contributed by atoms with E-state index in [0.29, 0.717) is 19.9 Å². The van der Waals surface area contributed by atoms with Crippen molar-refractivity contribution in [1.29, 1.82) is 0 Å². The molecule has 1 aromatic carbocycles. The molecule has 0 bridgehead atoms. The van der Waals surface area contributed by atoms with Gasteiger partial charge in [-0.15, -0.1) is 11.6 Å². The van der Waals surface area contributed by atoms with Gasteiger partial charge in [-0.05, 0) is 40.0 Å². The summed E-state index contributed by atoms with van der Waals surface area (Å²) in [6, 6.07) is 3.08. The molecule has 1 rings (SSSR count). The van der Waals surface area contributed by atoms with E-state index in [1.54, 1.807) is 13.0 Å². The van der Waals surface area contributed by atoms with E-state index >= 15 is 0 Å². The lowest BCUT2D eigenvalue weighted by Gasteiger charge is -2.20. The van der Waals surface area contributed by atoms with Crippen LogP contribution in [0.4, 0.5) is 13.2 Å². The van der Waals surface area contributed by atoms with Crippen LogP contribution in [0.25, 0.3) is 0 Å². The summed E-state index contributed by atoms with van der Waals surface area (Å²) in [6.45, 7) is 1.05. The second-order valence-corrected chi connectivity index (χ2v) is 7.62. The average Bonchev–Trinajstić information content (AvgIpc) is 2.37. The highest BCUT2D eigenvalue weighted by molar-refractivity contribution is 9.10. The quantitative estimate of drug-likeness (QED) is 0.689. The zero-order valence-electron chi connectivity index (χ0n) is 11.3. The number of alkyl halides is 4. The monoisotopic (exact) mass is 407 g/mol. The van der Waals surface area contributed by atoms with Gasteiger partial charge in [-0.3, -0.25) is 0 Å². The van der Waals surface area contributed by atoms with Crippen molar-refractivity contribution < 1.29 is 21.6 Å². The molecule has 0 heterocycles. The number of hydrogen-bond acceptors (Lipinski definition) is 2. The molecular formula is C12H14BrClF3NO2S. The van der Waals surface area contributed by atoms with Gasteiger partial charge in [0.25, 0.3) is 0 Å². The van der Waals surface area contributed by atoms with Crippen LogP contribution >= 0.6 is 27.5 Å². The van der Waals surface area contributed by atoms with Crippen LogP contribution in [-0.2, 0) is 15.9 Å². The summed E-state index contributed by atoms with van der Waals surface area (Å²) < 4.78 is 62.4. The number of benzene rings is 1. The normalized spacial score (nSPS) is 13.0. The minimum Gasteiger partial charge on any atom is -0.207 e. The molecule has 0 aliphatic heterocycles. The number of rotatable bonds is 5. The van der Waals surface area contributed by atoms with Crippen molar-refractivity contribution in [2.45, 2.75) is 30.3 Å². The highest BCUT2D eigenvalue weighted by Gasteiger charge is 2.31. The first-order valence-corrected chi connectivity index (χ1v) is 8.64. The molecule has 0 N–H and O–H groups in total. The van der Waals surface area contributed by atoms with Gasteiger partial charge in [0.15, 0.2) is 0 Å². The summed E-state index contributed by atoms with van der Waals surface area (Å²) in [5.41, 5.74) is 1.23. The van der Waals surface area contributed by atoms with Crippen LogP contribution in [0.2, 0.25) is 0 Å². The summed E-state index contributed by atoms with van der Waals surface area (Å²) in [4.78, 5) is -0.0807. The van der Waals surface area contributed by atoms with Gasteiger partial charge in [-0.25, -0.2) is 12.7 Å². The Morgan fingerprint density at radius 2 is 1.90 bits per heavy atom. The minimum absolute atomic E-state index is 0.0807. The zero-order chi connectivity index (χ0) is 16.4. The molecular weight excluding hydrogens is 395 g/mol. The first-order chi connectivity index (χ1) is 9.49. The number of hydrogen-bond donors (Lipinski definition) is 0. The Labute approximate surface area is 135 Å². The van der Waals surface area contributed by atoms with Crippen LogP contribution in [0.1, 0.15) is 17.5 Å². The van der Waals surface area contributed by atoms with Gasteiger partial charge in [0.1, 0.15) is 0 Å². The first kappa shape index (κ1) is 18.7. The number of nitrogens with zero attached hydrogens (tertiary/aromatic N) is 1. The third-order valence-corrected chi connectivity index (χ3v) is 6.34. The smallest absolute Gasteiger partial charge is 0.207 e. The lowest BCUT2D eigenvalue weighted by atomic mass is 10.2. The van der Waals surface area contributed by atoms with E-state index in [2.05, 4.69) is 15.9 Å². The molecule has 1 aromatic rings. The third kappa shape index (κ3) is 4.84. The fraction of sp³-hybridized carbons (Fsp3) is 0.500. The zero-order valence-corrected chi connectivity index (χ0v) is 14.5. The molecule has 0 spiro atoms. The molecule has 0 aliphatic rings. The van der Waals surface area contributed by atoms with Crippen molar-refractivity contribution in [2.75, 3.05) is 13.6 Å². The maximum Gasteiger partial charge on any atom is 0.390 e. The van der Waals surface area contributed by atoms with Crippen LogP contribution in [0.15, 0.2) is 21.5 Å². The van der Waals surface area contributed by atoms with E-state index in [0.717, 1.165) is 7.05 Å². The lowest BCUT2D eigenvalue weighted by molar-refractivity contribution is -0.135. The fourth-order valence-electron chi connectivity index (χ4n) is 1.65. The standard InChI is InChI=1S/C12H14BrClF3NO2S/c1-8-5-9(7-14)6-10(11(8)13)21(19,20)18(2)4-3-12(15,16)17/h5-6H,3-4,7H2,1-2H3. The second kappa shape index (κ2) is 6.85. The summed E-state index contributed by atoms with van der Waals surface area (Å²) in [5.74, 6) is 0.114. The number of sulfonamides is 1. The maximum absolute atomic E-state index is 12.4. The molecule has 3 nitrogen and oxygen atoms in total. The van der Waals surface area contributed by atoms with Gasteiger partial charge in [-0.2, -0.15) is 13.2 Å². The Morgan fingerprint density at radius 1 is 1.33 bits per heavy atom. The van der Waals surface area contributed by atoms with Crippen LogP contribution < -0.4 is 0 Å². The van der Waals surface area contributed by atoms with Crippen LogP contribution in [0.5, 0.6) is 0 Å². The van der Waals surface area contributed by atoms with Crippen LogP contribution in [0, 0.1) is 6.92 Å². The molecule has 0 saturated carbocycles. The van der Waals surface area contributed by atoms with Crippen molar-refractivity contribution in [1.82, 2.24) is 4.31 Å². The van der Waals surface area contributed by atoms with E-state index < -0.39 is 29.2 Å². The maximum atomic E-state index is 12.4. The molecule has 120 valence electrons. The van der Waals surface area contributed by atoms with E-state index in [1.165, 1.54) is 6.07 Å². The molecule has 9 heteroatoms. The molecule has 0 aliphatic carbocycles. The van der Waals surface area contributed by atoms with Gasteiger partial charge in [-0.1, -0.05) is 6.07 Å². The van der Waals surface area contributed by atoms with Gasteiger partial charge >= 0.3 is 6.18 Å². The Morgan fingerprint density at radius 3 is 2.38 bits per heavy atom.